The summed E-state index contributed by atoms with van der Waals surface area (Å²) in [6.45, 7) is 5.39. The fourth-order valence-electron chi connectivity index (χ4n) is 2.58. The molecular weight excluding hydrogens is 354 g/mol. The average Bonchev–Trinajstić information content (AvgIpc) is 3.00. The molecule has 2 aromatic carbocycles. The number of nitrogens with one attached hydrogen (secondary N) is 1. The lowest BCUT2D eigenvalue weighted by molar-refractivity contribution is -0.123. The first kappa shape index (κ1) is 18.0. The van der Waals surface area contributed by atoms with E-state index in [1.54, 1.807) is 18.2 Å². The highest BCUT2D eigenvalue weighted by Crippen LogP contribution is 2.24. The summed E-state index contributed by atoms with van der Waals surface area (Å²) in [7, 11) is 0. The van der Waals surface area contributed by atoms with Gasteiger partial charge in [-0.15, -0.1) is 0 Å². The molecule has 0 aliphatic carbocycles. The molecule has 6 heteroatoms. The Morgan fingerprint density at radius 3 is 2.62 bits per heavy atom. The molecule has 0 spiro atoms. The quantitative estimate of drug-likeness (QED) is 0.663. The van der Waals surface area contributed by atoms with Gasteiger partial charge in [-0.25, -0.2) is 4.79 Å². The lowest BCUT2D eigenvalue weighted by atomic mass is 10.1. The van der Waals surface area contributed by atoms with Crippen molar-refractivity contribution in [1.29, 1.82) is 0 Å². The van der Waals surface area contributed by atoms with Crippen molar-refractivity contribution >= 4 is 40.1 Å². The number of hydrogen-bond donors (Lipinski definition) is 1. The van der Waals surface area contributed by atoms with E-state index in [9.17, 15) is 9.59 Å². The van der Waals surface area contributed by atoms with Crippen LogP contribution in [0.5, 0.6) is 0 Å². The van der Waals surface area contributed by atoms with E-state index in [4.69, 9.17) is 20.8 Å². The van der Waals surface area contributed by atoms with Gasteiger partial charge in [0.25, 0.3) is 5.91 Å². The van der Waals surface area contributed by atoms with E-state index in [1.165, 1.54) is 13.0 Å². The topological polar surface area (TPSA) is 68.5 Å². The highest BCUT2D eigenvalue weighted by molar-refractivity contribution is 6.31. The van der Waals surface area contributed by atoms with Gasteiger partial charge in [-0.3, -0.25) is 4.79 Å². The lowest BCUT2D eigenvalue weighted by Gasteiger charge is -2.14. The number of anilines is 1. The number of hydrogen-bond acceptors (Lipinski definition) is 4. The molecule has 0 saturated heterocycles. The molecular formula is C20H18ClNO4. The summed E-state index contributed by atoms with van der Waals surface area (Å²) in [5.41, 5.74) is 3.24. The second kappa shape index (κ2) is 7.22. The van der Waals surface area contributed by atoms with Crippen LogP contribution in [0.4, 0.5) is 5.69 Å². The number of esters is 1. The van der Waals surface area contributed by atoms with Gasteiger partial charge in [0, 0.05) is 16.1 Å². The first-order valence-corrected chi connectivity index (χ1v) is 8.49. The summed E-state index contributed by atoms with van der Waals surface area (Å²) >= 11 is 5.92. The molecule has 0 aliphatic rings. The van der Waals surface area contributed by atoms with Crippen LogP contribution in [0.3, 0.4) is 0 Å². The van der Waals surface area contributed by atoms with Crippen molar-refractivity contribution in [2.24, 2.45) is 0 Å². The molecule has 0 bridgehead atoms. The molecule has 1 amide bonds. The predicted octanol–water partition coefficient (Wildman–Crippen LogP) is 4.89. The number of amides is 1. The summed E-state index contributed by atoms with van der Waals surface area (Å²) < 4.78 is 10.7. The Morgan fingerprint density at radius 2 is 1.88 bits per heavy atom. The molecule has 3 aromatic rings. The summed E-state index contributed by atoms with van der Waals surface area (Å²) in [5.74, 6) is -1.10. The molecule has 1 N–H and O–H groups in total. The number of carbonyl (C=O) groups is 2. The van der Waals surface area contributed by atoms with Crippen LogP contribution >= 0.6 is 11.6 Å². The maximum absolute atomic E-state index is 12.3. The number of halogens is 1. The number of fused-ring (bicyclic) bond motifs is 1. The standard InChI is InChI=1S/C20H18ClNO4/c1-11-4-6-16(12(2)8-11)22-19(23)13(3)25-20(24)18-10-14-9-15(21)5-7-17(14)26-18/h4-10,13H,1-3H3,(H,22,23)/t13-/m1/s1. The second-order valence-electron chi connectivity index (χ2n) is 6.15. The molecule has 1 atom stereocenters. The van der Waals surface area contributed by atoms with Crippen LogP contribution in [0, 0.1) is 13.8 Å². The number of furan rings is 1. The maximum Gasteiger partial charge on any atom is 0.375 e. The van der Waals surface area contributed by atoms with E-state index in [1.807, 2.05) is 32.0 Å². The molecule has 134 valence electrons. The van der Waals surface area contributed by atoms with E-state index in [0.717, 1.165) is 11.1 Å². The molecule has 0 radical (unpaired) electrons. The van der Waals surface area contributed by atoms with Gasteiger partial charge in [0.1, 0.15) is 5.58 Å². The van der Waals surface area contributed by atoms with Gasteiger partial charge in [0.05, 0.1) is 0 Å². The van der Waals surface area contributed by atoms with Crippen LogP contribution in [0.15, 0.2) is 46.9 Å². The Balaban J connectivity index is 1.68. The molecule has 0 fully saturated rings. The first-order chi connectivity index (χ1) is 12.3. The van der Waals surface area contributed by atoms with Crippen LogP contribution in [0.2, 0.25) is 5.02 Å². The van der Waals surface area contributed by atoms with E-state index in [0.29, 0.717) is 21.7 Å². The Bertz CT molecular complexity index is 993. The maximum atomic E-state index is 12.3. The van der Waals surface area contributed by atoms with Crippen molar-refractivity contribution in [2.75, 3.05) is 5.32 Å². The molecule has 26 heavy (non-hydrogen) atoms. The molecule has 3 rings (SSSR count). The van der Waals surface area contributed by atoms with Crippen LogP contribution in [0.25, 0.3) is 11.0 Å². The van der Waals surface area contributed by atoms with Crippen molar-refractivity contribution in [3.8, 4) is 0 Å². The number of benzene rings is 2. The molecule has 1 heterocycles. The third-order valence-corrected chi connectivity index (χ3v) is 4.21. The molecule has 5 nitrogen and oxygen atoms in total. The summed E-state index contributed by atoms with van der Waals surface area (Å²) in [6, 6.07) is 12.3. The van der Waals surface area contributed by atoms with Crippen molar-refractivity contribution in [1.82, 2.24) is 0 Å². The fourth-order valence-corrected chi connectivity index (χ4v) is 2.76. The summed E-state index contributed by atoms with van der Waals surface area (Å²) in [5, 5.41) is 4.00. The number of aryl methyl sites for hydroxylation is 2. The molecule has 0 saturated carbocycles. The van der Waals surface area contributed by atoms with Crippen LogP contribution < -0.4 is 5.32 Å². The third kappa shape index (κ3) is 3.89. The number of rotatable bonds is 4. The summed E-state index contributed by atoms with van der Waals surface area (Å²) in [6.07, 6.45) is -0.972. The van der Waals surface area contributed by atoms with Crippen LogP contribution in [-0.4, -0.2) is 18.0 Å². The minimum atomic E-state index is -0.972. The third-order valence-electron chi connectivity index (χ3n) is 3.97. The van der Waals surface area contributed by atoms with Crippen molar-refractivity contribution < 1.29 is 18.7 Å². The average molecular weight is 372 g/mol. The highest BCUT2D eigenvalue weighted by Gasteiger charge is 2.22. The van der Waals surface area contributed by atoms with Crippen LogP contribution in [-0.2, 0) is 9.53 Å². The molecule has 1 aromatic heterocycles. The van der Waals surface area contributed by atoms with E-state index < -0.39 is 18.0 Å². The van der Waals surface area contributed by atoms with Crippen molar-refractivity contribution in [3.05, 3.63) is 64.4 Å². The van der Waals surface area contributed by atoms with Gasteiger partial charge in [0.15, 0.2) is 6.10 Å². The van der Waals surface area contributed by atoms with Crippen LogP contribution in [0.1, 0.15) is 28.6 Å². The van der Waals surface area contributed by atoms with Crippen molar-refractivity contribution in [3.63, 3.8) is 0 Å². The van der Waals surface area contributed by atoms with Gasteiger partial charge >= 0.3 is 5.97 Å². The lowest BCUT2D eigenvalue weighted by Crippen LogP contribution is -2.30. The smallest absolute Gasteiger partial charge is 0.375 e. The Labute approximate surface area is 155 Å². The number of ether oxygens (including phenoxy) is 1. The number of carbonyl (C=O) groups excluding carboxylic acids is 2. The van der Waals surface area contributed by atoms with Gasteiger partial charge in [-0.2, -0.15) is 0 Å². The Kier molecular flexibility index (Phi) is 5.00. The predicted molar refractivity (Wildman–Crippen MR) is 101 cm³/mol. The monoisotopic (exact) mass is 371 g/mol. The van der Waals surface area contributed by atoms with E-state index >= 15 is 0 Å². The fraction of sp³-hybridized carbons (Fsp3) is 0.200. The Hall–Kier alpha value is -2.79. The van der Waals surface area contributed by atoms with Gasteiger partial charge in [-0.05, 0) is 56.7 Å². The van der Waals surface area contributed by atoms with Gasteiger partial charge in [0.2, 0.25) is 5.76 Å². The van der Waals surface area contributed by atoms with Gasteiger partial charge < -0.3 is 14.5 Å². The van der Waals surface area contributed by atoms with Crippen molar-refractivity contribution in [2.45, 2.75) is 26.9 Å². The molecule has 0 unspecified atom stereocenters. The SMILES string of the molecule is Cc1ccc(NC(=O)[C@@H](C)OC(=O)c2cc3cc(Cl)ccc3o2)c(C)c1. The summed E-state index contributed by atoms with van der Waals surface area (Å²) in [4.78, 5) is 24.5. The second-order valence-corrected chi connectivity index (χ2v) is 6.58. The Morgan fingerprint density at radius 1 is 1.12 bits per heavy atom. The molecule has 0 aliphatic heterocycles. The minimum absolute atomic E-state index is 0.0217. The highest BCUT2D eigenvalue weighted by atomic mass is 35.5. The van der Waals surface area contributed by atoms with E-state index in [-0.39, 0.29) is 5.76 Å². The van der Waals surface area contributed by atoms with E-state index in [2.05, 4.69) is 5.32 Å². The normalized spacial score (nSPS) is 12.0. The zero-order valence-corrected chi connectivity index (χ0v) is 15.4. The van der Waals surface area contributed by atoms with Gasteiger partial charge in [-0.1, -0.05) is 29.3 Å². The minimum Gasteiger partial charge on any atom is -0.449 e. The zero-order valence-electron chi connectivity index (χ0n) is 14.6. The largest absolute Gasteiger partial charge is 0.449 e. The zero-order chi connectivity index (χ0) is 18.8. The first-order valence-electron chi connectivity index (χ1n) is 8.11.